The summed E-state index contributed by atoms with van der Waals surface area (Å²) in [6.45, 7) is 0.322. The highest BCUT2D eigenvalue weighted by Gasteiger charge is 2.40. The molecule has 0 radical (unpaired) electrons. The molecule has 3 amide bonds. The number of carbonyl (C=O) groups excluding carboxylic acids is 4. The third kappa shape index (κ3) is 4.01. The number of hydrogen-bond donors (Lipinski definition) is 1. The number of para-hydroxylation sites is 1. The molecule has 8 heteroatoms. The van der Waals surface area contributed by atoms with Gasteiger partial charge in [-0.15, -0.1) is 0 Å². The van der Waals surface area contributed by atoms with Gasteiger partial charge in [0.25, 0.3) is 5.91 Å². The summed E-state index contributed by atoms with van der Waals surface area (Å²) in [5, 5.41) is 2.74. The summed E-state index contributed by atoms with van der Waals surface area (Å²) in [4.78, 5) is 53.7. The second-order valence-electron chi connectivity index (χ2n) is 7.57. The molecular weight excluding hydrogens is 398 g/mol. The fraction of sp³-hybridized carbons (Fsp3) is 0.304. The minimum Gasteiger partial charge on any atom is -0.465 e. The smallest absolute Gasteiger partial charge is 0.337 e. The van der Waals surface area contributed by atoms with Gasteiger partial charge in [-0.2, -0.15) is 0 Å². The molecule has 0 bridgehead atoms. The molecule has 0 saturated carbocycles. The van der Waals surface area contributed by atoms with Gasteiger partial charge in [0.05, 0.1) is 23.9 Å². The second kappa shape index (κ2) is 8.59. The Balaban J connectivity index is 1.57. The zero-order valence-electron chi connectivity index (χ0n) is 17.2. The van der Waals surface area contributed by atoms with Crippen LogP contribution < -0.4 is 10.2 Å². The third-order valence-electron chi connectivity index (χ3n) is 5.63. The first kappa shape index (κ1) is 20.6. The van der Waals surface area contributed by atoms with Gasteiger partial charge in [-0.25, -0.2) is 4.79 Å². The van der Waals surface area contributed by atoms with Gasteiger partial charge in [-0.1, -0.05) is 12.1 Å². The van der Waals surface area contributed by atoms with Crippen molar-refractivity contribution in [3.63, 3.8) is 0 Å². The van der Waals surface area contributed by atoms with Gasteiger partial charge in [0.1, 0.15) is 12.6 Å². The number of fused-ring (bicyclic) bond motifs is 2. The van der Waals surface area contributed by atoms with E-state index in [2.05, 4.69) is 10.1 Å². The first-order chi connectivity index (χ1) is 15.0. The van der Waals surface area contributed by atoms with Crippen LogP contribution in [0.15, 0.2) is 48.5 Å². The number of carbonyl (C=O) groups is 4. The number of nitrogens with one attached hydrogen (secondary N) is 1. The van der Waals surface area contributed by atoms with Crippen molar-refractivity contribution in [3.05, 3.63) is 59.7 Å². The molecule has 31 heavy (non-hydrogen) atoms. The van der Waals surface area contributed by atoms with Crippen LogP contribution in [-0.4, -0.2) is 54.8 Å². The van der Waals surface area contributed by atoms with Gasteiger partial charge in [0, 0.05) is 12.2 Å². The minimum atomic E-state index is -0.555. The highest BCUT2D eigenvalue weighted by molar-refractivity contribution is 6.13. The molecule has 8 nitrogen and oxygen atoms in total. The molecule has 0 spiro atoms. The van der Waals surface area contributed by atoms with Gasteiger partial charge in [-0.3, -0.25) is 14.4 Å². The van der Waals surface area contributed by atoms with Gasteiger partial charge in [-0.05, 0) is 55.7 Å². The molecule has 1 atom stereocenters. The van der Waals surface area contributed by atoms with Crippen LogP contribution in [0.25, 0.3) is 0 Å². The number of nitrogens with zero attached hydrogens (tertiary/aromatic N) is 2. The first-order valence-corrected chi connectivity index (χ1v) is 10.2. The van der Waals surface area contributed by atoms with Crippen LogP contribution in [-0.2, 0) is 14.3 Å². The predicted octanol–water partition coefficient (Wildman–Crippen LogP) is 2.45. The van der Waals surface area contributed by atoms with E-state index in [1.165, 1.54) is 12.0 Å². The lowest BCUT2D eigenvalue weighted by Crippen LogP contribution is -2.52. The number of amides is 3. The first-order valence-electron chi connectivity index (χ1n) is 10.2. The Bertz CT molecular complexity index is 1030. The molecule has 2 heterocycles. The average Bonchev–Trinajstić information content (AvgIpc) is 2.89. The standard InChI is InChI=1S/C23H23N3O5/c1-31-23(30)15-9-11-16(12-10-15)24-20(27)14-26-18-7-3-2-6-17(18)21(28)25-13-5-4-8-19(25)22(26)29/h2-3,6-7,9-12,19H,4-5,8,13-14H2,1H3,(H,24,27). The summed E-state index contributed by atoms with van der Waals surface area (Å²) in [6.07, 6.45) is 2.31. The number of piperidine rings is 1. The van der Waals surface area contributed by atoms with Crippen LogP contribution in [0.4, 0.5) is 11.4 Å². The molecule has 1 N–H and O–H groups in total. The van der Waals surface area contributed by atoms with Gasteiger partial charge in [0.15, 0.2) is 0 Å². The molecular formula is C23H23N3O5. The fourth-order valence-corrected chi connectivity index (χ4v) is 4.09. The molecule has 0 aromatic heterocycles. The molecule has 4 rings (SSSR count). The molecule has 1 unspecified atom stereocenters. The van der Waals surface area contributed by atoms with Gasteiger partial charge < -0.3 is 19.9 Å². The quantitative estimate of drug-likeness (QED) is 0.765. The Hall–Kier alpha value is -3.68. The van der Waals surface area contributed by atoms with E-state index in [4.69, 9.17) is 0 Å². The van der Waals surface area contributed by atoms with Crippen molar-refractivity contribution in [3.8, 4) is 0 Å². The van der Waals surface area contributed by atoms with E-state index < -0.39 is 17.9 Å². The van der Waals surface area contributed by atoms with Gasteiger partial charge >= 0.3 is 5.97 Å². The summed E-state index contributed by atoms with van der Waals surface area (Å²) < 4.78 is 4.66. The number of rotatable bonds is 4. The number of anilines is 2. The minimum absolute atomic E-state index is 0.171. The monoisotopic (exact) mass is 421 g/mol. The lowest BCUT2D eigenvalue weighted by atomic mass is 10.0. The van der Waals surface area contributed by atoms with Crippen molar-refractivity contribution < 1.29 is 23.9 Å². The van der Waals surface area contributed by atoms with Crippen molar-refractivity contribution in [2.24, 2.45) is 0 Å². The Morgan fingerprint density at radius 2 is 1.81 bits per heavy atom. The summed E-state index contributed by atoms with van der Waals surface area (Å²) in [7, 11) is 1.30. The maximum Gasteiger partial charge on any atom is 0.337 e. The second-order valence-corrected chi connectivity index (χ2v) is 7.57. The molecule has 0 aliphatic carbocycles. The van der Waals surface area contributed by atoms with Crippen molar-refractivity contribution in [1.29, 1.82) is 0 Å². The average molecular weight is 421 g/mol. The van der Waals surface area contributed by atoms with E-state index in [1.54, 1.807) is 53.4 Å². The van der Waals surface area contributed by atoms with Crippen LogP contribution in [0.5, 0.6) is 0 Å². The number of benzene rings is 2. The van der Waals surface area contributed by atoms with Crippen LogP contribution >= 0.6 is 0 Å². The number of hydrogen-bond acceptors (Lipinski definition) is 5. The van der Waals surface area contributed by atoms with E-state index in [0.717, 1.165) is 12.8 Å². The molecule has 2 aromatic carbocycles. The maximum atomic E-state index is 13.3. The Morgan fingerprint density at radius 3 is 2.55 bits per heavy atom. The summed E-state index contributed by atoms with van der Waals surface area (Å²) in [6, 6.07) is 12.6. The van der Waals surface area contributed by atoms with Crippen LogP contribution in [0.2, 0.25) is 0 Å². The van der Waals surface area contributed by atoms with Crippen molar-refractivity contribution in [2.45, 2.75) is 25.3 Å². The Morgan fingerprint density at radius 1 is 1.06 bits per heavy atom. The van der Waals surface area contributed by atoms with Crippen LogP contribution in [0.1, 0.15) is 40.0 Å². The zero-order chi connectivity index (χ0) is 22.0. The van der Waals surface area contributed by atoms with E-state index in [0.29, 0.717) is 35.5 Å². The Labute approximate surface area is 179 Å². The Kier molecular flexibility index (Phi) is 5.70. The van der Waals surface area contributed by atoms with Crippen LogP contribution in [0, 0.1) is 0 Å². The molecule has 2 aromatic rings. The highest BCUT2D eigenvalue weighted by atomic mass is 16.5. The van der Waals surface area contributed by atoms with E-state index in [1.807, 2.05) is 0 Å². The molecule has 1 saturated heterocycles. The number of methoxy groups -OCH3 is 1. The highest BCUT2D eigenvalue weighted by Crippen LogP contribution is 2.31. The number of ether oxygens (including phenoxy) is 1. The van der Waals surface area contributed by atoms with Crippen molar-refractivity contribution in [2.75, 3.05) is 30.4 Å². The molecule has 160 valence electrons. The predicted molar refractivity (Wildman–Crippen MR) is 114 cm³/mol. The summed E-state index contributed by atoms with van der Waals surface area (Å²) in [5.74, 6) is -1.28. The van der Waals surface area contributed by atoms with Crippen molar-refractivity contribution in [1.82, 2.24) is 4.90 Å². The van der Waals surface area contributed by atoms with Crippen molar-refractivity contribution >= 4 is 35.1 Å². The van der Waals surface area contributed by atoms with E-state index in [-0.39, 0.29) is 18.4 Å². The zero-order valence-corrected chi connectivity index (χ0v) is 17.2. The maximum absolute atomic E-state index is 13.3. The summed E-state index contributed by atoms with van der Waals surface area (Å²) >= 11 is 0. The SMILES string of the molecule is COC(=O)c1ccc(NC(=O)CN2C(=O)C3CCCCN3C(=O)c3ccccc32)cc1. The molecule has 1 fully saturated rings. The lowest BCUT2D eigenvalue weighted by Gasteiger charge is -2.34. The van der Waals surface area contributed by atoms with E-state index in [9.17, 15) is 19.2 Å². The third-order valence-corrected chi connectivity index (χ3v) is 5.63. The number of esters is 1. The fourth-order valence-electron chi connectivity index (χ4n) is 4.09. The normalized spacial score (nSPS) is 18.0. The topological polar surface area (TPSA) is 96.0 Å². The lowest BCUT2D eigenvalue weighted by molar-refractivity contribution is -0.125. The largest absolute Gasteiger partial charge is 0.465 e. The van der Waals surface area contributed by atoms with Crippen LogP contribution in [0.3, 0.4) is 0 Å². The summed E-state index contributed by atoms with van der Waals surface area (Å²) in [5.41, 5.74) is 1.73. The van der Waals surface area contributed by atoms with Gasteiger partial charge in [0.2, 0.25) is 11.8 Å². The molecule has 2 aliphatic heterocycles. The molecule has 2 aliphatic rings. The van der Waals surface area contributed by atoms with E-state index >= 15 is 0 Å².